The van der Waals surface area contributed by atoms with Crippen molar-refractivity contribution >= 4 is 5.82 Å². The molecule has 0 bridgehead atoms. The van der Waals surface area contributed by atoms with Crippen LogP contribution in [0.1, 0.15) is 12.6 Å². The van der Waals surface area contributed by atoms with Gasteiger partial charge in [0.2, 0.25) is 0 Å². The minimum Gasteiger partial charge on any atom is -0.412 e. The Balaban J connectivity index is 0.00000144. The molecule has 17 heavy (non-hydrogen) atoms. The van der Waals surface area contributed by atoms with Gasteiger partial charge in [0, 0.05) is 12.6 Å². The second-order valence-corrected chi connectivity index (χ2v) is 3.66. The van der Waals surface area contributed by atoms with E-state index in [0.29, 0.717) is 0 Å². The van der Waals surface area contributed by atoms with Crippen molar-refractivity contribution in [3.63, 3.8) is 0 Å². The Hall–Kier alpha value is -1.48. The molecule has 1 aromatic heterocycles. The first kappa shape index (κ1) is 13.6. The van der Waals surface area contributed by atoms with Gasteiger partial charge in [0.05, 0.1) is 12.7 Å². The SMILES string of the molecule is Nc1ccn([C@H]2CC(O)C(CO)O2)c(=O)n1.O. The van der Waals surface area contributed by atoms with Crippen LogP contribution in [0.5, 0.6) is 0 Å². The highest BCUT2D eigenvalue weighted by Gasteiger charge is 2.34. The van der Waals surface area contributed by atoms with Crippen molar-refractivity contribution in [3.8, 4) is 0 Å². The number of hydrogen-bond donors (Lipinski definition) is 3. The molecule has 6 N–H and O–H groups in total. The average molecular weight is 245 g/mol. The molecule has 96 valence electrons. The zero-order valence-corrected chi connectivity index (χ0v) is 8.98. The molecule has 8 heteroatoms. The Morgan fingerprint density at radius 1 is 1.65 bits per heavy atom. The number of aliphatic hydroxyl groups is 2. The highest BCUT2D eigenvalue weighted by molar-refractivity contribution is 5.23. The zero-order chi connectivity index (χ0) is 11.7. The van der Waals surface area contributed by atoms with Gasteiger partial charge < -0.3 is 26.2 Å². The molecule has 2 heterocycles. The summed E-state index contributed by atoms with van der Waals surface area (Å²) in [5.74, 6) is 0.138. The molecule has 0 spiro atoms. The molecule has 3 atom stereocenters. The summed E-state index contributed by atoms with van der Waals surface area (Å²) in [5, 5.41) is 18.4. The molecule has 1 aliphatic rings. The number of anilines is 1. The third kappa shape index (κ3) is 2.61. The number of rotatable bonds is 2. The Labute approximate surface area is 96.6 Å². The van der Waals surface area contributed by atoms with E-state index in [9.17, 15) is 9.90 Å². The maximum Gasteiger partial charge on any atom is 0.351 e. The molecule has 0 radical (unpaired) electrons. The second kappa shape index (κ2) is 5.23. The second-order valence-electron chi connectivity index (χ2n) is 3.66. The van der Waals surface area contributed by atoms with Gasteiger partial charge in [-0.05, 0) is 6.07 Å². The Morgan fingerprint density at radius 3 is 2.88 bits per heavy atom. The first-order valence-electron chi connectivity index (χ1n) is 4.91. The van der Waals surface area contributed by atoms with Gasteiger partial charge in [-0.1, -0.05) is 0 Å². The fraction of sp³-hybridized carbons (Fsp3) is 0.556. The lowest BCUT2D eigenvalue weighted by molar-refractivity contribution is -0.0458. The average Bonchev–Trinajstić information content (AvgIpc) is 2.59. The van der Waals surface area contributed by atoms with Crippen LogP contribution in [0.4, 0.5) is 5.82 Å². The van der Waals surface area contributed by atoms with Crippen molar-refractivity contribution in [2.75, 3.05) is 12.3 Å². The van der Waals surface area contributed by atoms with Crippen molar-refractivity contribution in [3.05, 3.63) is 22.7 Å². The van der Waals surface area contributed by atoms with E-state index >= 15 is 0 Å². The van der Waals surface area contributed by atoms with Gasteiger partial charge in [-0.3, -0.25) is 4.57 Å². The van der Waals surface area contributed by atoms with Crippen molar-refractivity contribution in [1.82, 2.24) is 9.55 Å². The molecule has 0 aromatic carbocycles. The molecule has 1 aliphatic heterocycles. The maximum absolute atomic E-state index is 11.5. The number of nitrogens with zero attached hydrogens (tertiary/aromatic N) is 2. The highest BCUT2D eigenvalue weighted by atomic mass is 16.5. The van der Waals surface area contributed by atoms with Gasteiger partial charge in [0.15, 0.2) is 0 Å². The lowest BCUT2D eigenvalue weighted by Gasteiger charge is -2.13. The molecule has 1 aromatic rings. The van der Waals surface area contributed by atoms with Gasteiger partial charge in [-0.15, -0.1) is 0 Å². The van der Waals surface area contributed by atoms with Crippen LogP contribution in [0.3, 0.4) is 0 Å². The van der Waals surface area contributed by atoms with Crippen molar-refractivity contribution in [2.45, 2.75) is 24.9 Å². The minimum absolute atomic E-state index is 0. The molecule has 1 saturated heterocycles. The minimum atomic E-state index is -0.778. The van der Waals surface area contributed by atoms with Crippen LogP contribution in [0.2, 0.25) is 0 Å². The summed E-state index contributed by atoms with van der Waals surface area (Å²) in [6.07, 6.45) is -0.333. The third-order valence-corrected chi connectivity index (χ3v) is 2.55. The summed E-state index contributed by atoms with van der Waals surface area (Å²) in [4.78, 5) is 15.0. The summed E-state index contributed by atoms with van der Waals surface area (Å²) in [7, 11) is 0. The Bertz CT molecular complexity index is 435. The first-order chi connectivity index (χ1) is 7.61. The third-order valence-electron chi connectivity index (χ3n) is 2.55. The molecule has 2 unspecified atom stereocenters. The number of nitrogen functional groups attached to an aromatic ring is 1. The number of nitrogens with two attached hydrogens (primary N) is 1. The number of ether oxygens (including phenoxy) is 1. The number of aromatic nitrogens is 2. The predicted molar refractivity (Wildman–Crippen MR) is 58.1 cm³/mol. The number of hydrogen-bond acceptors (Lipinski definition) is 6. The standard InChI is InChI=1S/C9H13N3O4.H2O/c10-7-1-2-12(9(15)11-7)8-3-5(14)6(4-13)16-8;/h1-2,5-6,8,13-14H,3-4H2,(H2,10,11,15);1H2/t5?,6?,8-;/m1./s1. The summed E-state index contributed by atoms with van der Waals surface area (Å²) in [6, 6.07) is 1.48. The summed E-state index contributed by atoms with van der Waals surface area (Å²) in [6.45, 7) is -0.283. The monoisotopic (exact) mass is 245 g/mol. The van der Waals surface area contributed by atoms with Gasteiger partial charge in [-0.2, -0.15) is 4.98 Å². The molecule has 1 fully saturated rings. The molecule has 8 nitrogen and oxygen atoms in total. The van der Waals surface area contributed by atoms with E-state index in [1.165, 1.54) is 16.8 Å². The van der Waals surface area contributed by atoms with E-state index in [1.807, 2.05) is 0 Å². The summed E-state index contributed by atoms with van der Waals surface area (Å²) < 4.78 is 6.56. The van der Waals surface area contributed by atoms with Crippen LogP contribution in [0.25, 0.3) is 0 Å². The van der Waals surface area contributed by atoms with E-state index in [0.717, 1.165) is 0 Å². The van der Waals surface area contributed by atoms with Crippen molar-refractivity contribution in [1.29, 1.82) is 0 Å². The smallest absolute Gasteiger partial charge is 0.351 e. The first-order valence-corrected chi connectivity index (χ1v) is 4.91. The molecular weight excluding hydrogens is 230 g/mol. The predicted octanol–water partition coefficient (Wildman–Crippen LogP) is -2.36. The van der Waals surface area contributed by atoms with E-state index in [1.54, 1.807) is 0 Å². The molecular formula is C9H15N3O5. The molecule has 0 saturated carbocycles. The van der Waals surface area contributed by atoms with E-state index in [2.05, 4.69) is 4.98 Å². The largest absolute Gasteiger partial charge is 0.412 e. The topological polar surface area (TPSA) is 142 Å². The van der Waals surface area contributed by atoms with Crippen LogP contribution < -0.4 is 11.4 Å². The molecule has 2 rings (SSSR count). The van der Waals surface area contributed by atoms with Gasteiger partial charge in [-0.25, -0.2) is 4.79 Å². The normalized spacial score (nSPS) is 27.8. The van der Waals surface area contributed by atoms with E-state index < -0.39 is 24.1 Å². The van der Waals surface area contributed by atoms with Crippen molar-refractivity contribution in [2.24, 2.45) is 0 Å². The van der Waals surface area contributed by atoms with Gasteiger partial charge >= 0.3 is 5.69 Å². The molecule has 0 aliphatic carbocycles. The van der Waals surface area contributed by atoms with Crippen molar-refractivity contribution < 1.29 is 20.4 Å². The summed E-state index contributed by atoms with van der Waals surface area (Å²) >= 11 is 0. The zero-order valence-electron chi connectivity index (χ0n) is 8.98. The van der Waals surface area contributed by atoms with E-state index in [4.69, 9.17) is 15.6 Å². The lowest BCUT2D eigenvalue weighted by Crippen LogP contribution is -2.27. The summed E-state index contributed by atoms with van der Waals surface area (Å²) in [5.41, 5.74) is 4.82. The highest BCUT2D eigenvalue weighted by Crippen LogP contribution is 2.27. The Morgan fingerprint density at radius 2 is 2.35 bits per heavy atom. The Kier molecular flexibility index (Phi) is 4.18. The fourth-order valence-electron chi connectivity index (χ4n) is 1.70. The number of aliphatic hydroxyl groups excluding tert-OH is 2. The van der Waals surface area contributed by atoms with Gasteiger partial charge in [0.1, 0.15) is 18.1 Å². The molecule has 0 amide bonds. The fourth-order valence-corrected chi connectivity index (χ4v) is 1.70. The quantitative estimate of drug-likeness (QED) is 0.532. The van der Waals surface area contributed by atoms with Crippen LogP contribution in [0, 0.1) is 0 Å². The van der Waals surface area contributed by atoms with Crippen LogP contribution in [0.15, 0.2) is 17.1 Å². The van der Waals surface area contributed by atoms with E-state index in [-0.39, 0.29) is 24.3 Å². The maximum atomic E-state index is 11.5. The van der Waals surface area contributed by atoms with Crippen LogP contribution in [-0.2, 0) is 4.74 Å². The van der Waals surface area contributed by atoms with Crippen LogP contribution >= 0.6 is 0 Å². The van der Waals surface area contributed by atoms with Crippen LogP contribution in [-0.4, -0.2) is 44.1 Å². The van der Waals surface area contributed by atoms with Gasteiger partial charge in [0.25, 0.3) is 0 Å². The lowest BCUT2D eigenvalue weighted by atomic mass is 10.2.